The van der Waals surface area contributed by atoms with Crippen LogP contribution in [0.2, 0.25) is 5.02 Å². The number of hydrogen-bond acceptors (Lipinski definition) is 7. The Balaban J connectivity index is 1.58. The molecule has 172 valence electrons. The monoisotopic (exact) mass is 461 g/mol. The van der Waals surface area contributed by atoms with Gasteiger partial charge in [-0.05, 0) is 51.5 Å². The van der Waals surface area contributed by atoms with Gasteiger partial charge in [-0.3, -0.25) is 9.59 Å². The smallest absolute Gasteiger partial charge is 0.306 e. The van der Waals surface area contributed by atoms with Gasteiger partial charge in [-0.15, -0.1) is 0 Å². The number of carbonyl (C=O) groups is 2. The Kier molecular flexibility index (Phi) is 7.84. The van der Waals surface area contributed by atoms with Crippen molar-refractivity contribution in [1.82, 2.24) is 20.3 Å². The lowest BCUT2D eigenvalue weighted by Gasteiger charge is -2.26. The van der Waals surface area contributed by atoms with Crippen LogP contribution in [0.1, 0.15) is 60.5 Å². The summed E-state index contributed by atoms with van der Waals surface area (Å²) in [6.45, 7) is 4.21. The predicted octanol–water partition coefficient (Wildman–Crippen LogP) is 3.64. The van der Waals surface area contributed by atoms with Crippen LogP contribution in [0.3, 0.4) is 0 Å². The second kappa shape index (κ2) is 10.6. The van der Waals surface area contributed by atoms with Crippen molar-refractivity contribution in [3.05, 3.63) is 40.6 Å². The van der Waals surface area contributed by atoms with Crippen LogP contribution >= 0.6 is 11.6 Å². The van der Waals surface area contributed by atoms with Crippen molar-refractivity contribution >= 4 is 29.3 Å². The zero-order chi connectivity index (χ0) is 23.3. The first kappa shape index (κ1) is 23.7. The van der Waals surface area contributed by atoms with Crippen molar-refractivity contribution in [1.29, 1.82) is 0 Å². The first-order valence-corrected chi connectivity index (χ1v) is 11.0. The van der Waals surface area contributed by atoms with E-state index in [-0.39, 0.29) is 23.8 Å². The van der Waals surface area contributed by atoms with Crippen LogP contribution < -0.4 is 15.4 Å². The Morgan fingerprint density at radius 2 is 1.97 bits per heavy atom. The van der Waals surface area contributed by atoms with E-state index in [1.54, 1.807) is 26.3 Å². The van der Waals surface area contributed by atoms with Crippen LogP contribution in [0, 0.1) is 18.8 Å². The summed E-state index contributed by atoms with van der Waals surface area (Å²) in [5.41, 5.74) is 1.04. The van der Waals surface area contributed by atoms with Crippen molar-refractivity contribution in [3.63, 3.8) is 0 Å². The van der Waals surface area contributed by atoms with Crippen molar-refractivity contribution in [2.45, 2.75) is 45.6 Å². The maximum atomic E-state index is 12.5. The molecule has 9 nitrogen and oxygen atoms in total. The number of rotatable bonds is 8. The first-order valence-electron chi connectivity index (χ1n) is 10.6. The molecule has 0 saturated heterocycles. The first-order chi connectivity index (χ1) is 15.3. The van der Waals surface area contributed by atoms with Crippen molar-refractivity contribution in [2.24, 2.45) is 11.8 Å². The Bertz CT molecular complexity index is 979. The number of aryl methyl sites for hydroxylation is 1. The number of ether oxygens (including phenoxy) is 1. The van der Waals surface area contributed by atoms with Gasteiger partial charge in [0, 0.05) is 12.7 Å². The summed E-state index contributed by atoms with van der Waals surface area (Å²) in [6, 6.07) is 1.32. The van der Waals surface area contributed by atoms with Gasteiger partial charge in [0.15, 0.2) is 5.75 Å². The molecular formula is C22H28ClN5O4. The number of nitrogens with one attached hydrogen (secondary N) is 2. The van der Waals surface area contributed by atoms with Gasteiger partial charge in [0.2, 0.25) is 0 Å². The molecule has 2 aromatic heterocycles. The average Bonchev–Trinajstić information content (AvgIpc) is 2.78. The molecule has 1 saturated carbocycles. The van der Waals surface area contributed by atoms with Gasteiger partial charge in [-0.25, -0.2) is 15.0 Å². The molecule has 0 bridgehead atoms. The van der Waals surface area contributed by atoms with E-state index in [0.717, 1.165) is 12.8 Å². The standard InChI is InChI=1S/C22H28ClN5O4/c1-12(19-18(32-3)11-24-13(2)28-19)27-20-17(23)8-16(10-25-20)21(29)26-9-14-4-6-15(7-5-14)22(30)31/h8,10-12,14-15H,4-7,9H2,1-3H3,(H,25,27)(H,26,29)(H,30,31)/t12-,14?,15?/m0/s1. The highest BCUT2D eigenvalue weighted by atomic mass is 35.5. The van der Waals surface area contributed by atoms with Gasteiger partial charge in [0.1, 0.15) is 17.3 Å². The molecule has 10 heteroatoms. The number of halogens is 1. The Labute approximate surface area is 192 Å². The SMILES string of the molecule is COc1cnc(C)nc1[C@H](C)Nc1ncc(C(=O)NCC2CCC(C(=O)O)CC2)cc1Cl. The lowest BCUT2D eigenvalue weighted by molar-refractivity contribution is -0.143. The third-order valence-electron chi connectivity index (χ3n) is 5.74. The number of carbonyl (C=O) groups excluding carboxylic acids is 1. The number of hydrogen-bond donors (Lipinski definition) is 3. The van der Waals surface area contributed by atoms with E-state index in [0.29, 0.717) is 53.1 Å². The third kappa shape index (κ3) is 5.85. The molecule has 1 aliphatic rings. The molecule has 0 aliphatic heterocycles. The Hall–Kier alpha value is -2.94. The fourth-order valence-corrected chi connectivity index (χ4v) is 4.06. The highest BCUT2D eigenvalue weighted by Gasteiger charge is 2.26. The van der Waals surface area contributed by atoms with E-state index >= 15 is 0 Å². The largest absolute Gasteiger partial charge is 0.493 e. The topological polar surface area (TPSA) is 126 Å². The summed E-state index contributed by atoms with van der Waals surface area (Å²) < 4.78 is 5.33. The van der Waals surface area contributed by atoms with Gasteiger partial charge in [-0.2, -0.15) is 0 Å². The predicted molar refractivity (Wildman–Crippen MR) is 120 cm³/mol. The van der Waals surface area contributed by atoms with Gasteiger partial charge in [0.25, 0.3) is 5.91 Å². The number of pyridine rings is 1. The molecular weight excluding hydrogens is 434 g/mol. The van der Waals surface area contributed by atoms with Crippen LogP contribution in [-0.2, 0) is 4.79 Å². The molecule has 1 fully saturated rings. The number of methoxy groups -OCH3 is 1. The molecule has 0 unspecified atom stereocenters. The van der Waals surface area contributed by atoms with Gasteiger partial charge in [-0.1, -0.05) is 11.6 Å². The van der Waals surface area contributed by atoms with Crippen LogP contribution in [0.15, 0.2) is 18.5 Å². The fraction of sp³-hybridized carbons (Fsp3) is 0.500. The molecule has 3 N–H and O–H groups in total. The fourth-order valence-electron chi connectivity index (χ4n) is 3.84. The molecule has 2 heterocycles. The number of anilines is 1. The molecule has 2 aromatic rings. The molecule has 1 amide bonds. The van der Waals surface area contributed by atoms with E-state index in [1.165, 1.54) is 6.20 Å². The van der Waals surface area contributed by atoms with Crippen molar-refractivity contribution in [2.75, 3.05) is 19.0 Å². The molecule has 1 aliphatic carbocycles. The van der Waals surface area contributed by atoms with E-state index in [1.807, 2.05) is 6.92 Å². The molecule has 0 aromatic carbocycles. The summed E-state index contributed by atoms with van der Waals surface area (Å²) in [7, 11) is 1.56. The number of carboxylic acid groups (broad SMARTS) is 1. The summed E-state index contributed by atoms with van der Waals surface area (Å²) in [5.74, 6) is 0.639. The van der Waals surface area contributed by atoms with Gasteiger partial charge >= 0.3 is 5.97 Å². The average molecular weight is 462 g/mol. The van der Waals surface area contributed by atoms with Crippen LogP contribution in [0.4, 0.5) is 5.82 Å². The molecule has 32 heavy (non-hydrogen) atoms. The molecule has 0 spiro atoms. The van der Waals surface area contributed by atoms with Crippen molar-refractivity contribution < 1.29 is 19.4 Å². The Morgan fingerprint density at radius 3 is 2.59 bits per heavy atom. The summed E-state index contributed by atoms with van der Waals surface area (Å²) in [6.07, 6.45) is 5.98. The zero-order valence-corrected chi connectivity index (χ0v) is 19.1. The third-order valence-corrected chi connectivity index (χ3v) is 6.03. The minimum atomic E-state index is -0.732. The van der Waals surface area contributed by atoms with E-state index < -0.39 is 5.97 Å². The maximum absolute atomic E-state index is 12.5. The highest BCUT2D eigenvalue weighted by molar-refractivity contribution is 6.33. The maximum Gasteiger partial charge on any atom is 0.306 e. The lowest BCUT2D eigenvalue weighted by atomic mass is 9.82. The summed E-state index contributed by atoms with van der Waals surface area (Å²) >= 11 is 6.38. The normalized spacial score (nSPS) is 19.1. The van der Waals surface area contributed by atoms with Crippen LogP contribution in [0.5, 0.6) is 5.75 Å². The highest BCUT2D eigenvalue weighted by Crippen LogP contribution is 2.30. The quantitative estimate of drug-likeness (QED) is 0.543. The van der Waals surface area contributed by atoms with E-state index in [4.69, 9.17) is 21.4 Å². The van der Waals surface area contributed by atoms with E-state index in [9.17, 15) is 9.59 Å². The lowest BCUT2D eigenvalue weighted by Crippen LogP contribution is -2.32. The minimum absolute atomic E-state index is 0.253. The Morgan fingerprint density at radius 1 is 1.25 bits per heavy atom. The molecule has 3 rings (SSSR count). The van der Waals surface area contributed by atoms with Crippen LogP contribution in [-0.4, -0.2) is 45.6 Å². The van der Waals surface area contributed by atoms with E-state index in [2.05, 4.69) is 25.6 Å². The van der Waals surface area contributed by atoms with Crippen LogP contribution in [0.25, 0.3) is 0 Å². The second-order valence-corrected chi connectivity index (χ2v) is 8.46. The van der Waals surface area contributed by atoms with Gasteiger partial charge in [0.05, 0.1) is 35.9 Å². The number of carboxylic acids is 1. The summed E-state index contributed by atoms with van der Waals surface area (Å²) in [4.78, 5) is 36.5. The number of aromatic nitrogens is 3. The second-order valence-electron chi connectivity index (χ2n) is 8.06. The zero-order valence-electron chi connectivity index (χ0n) is 18.4. The van der Waals surface area contributed by atoms with Gasteiger partial charge < -0.3 is 20.5 Å². The minimum Gasteiger partial charge on any atom is -0.493 e. The summed E-state index contributed by atoms with van der Waals surface area (Å²) in [5, 5.41) is 15.5. The molecule has 0 radical (unpaired) electrons. The molecule has 1 atom stereocenters. The number of aliphatic carboxylic acids is 1. The number of nitrogens with zero attached hydrogens (tertiary/aromatic N) is 3. The van der Waals surface area contributed by atoms with Crippen molar-refractivity contribution in [3.8, 4) is 5.75 Å². The number of amides is 1.